The first-order chi connectivity index (χ1) is 6.26. The van der Waals surface area contributed by atoms with Gasteiger partial charge in [-0.25, -0.2) is 9.97 Å². The number of rotatable bonds is 2. The van der Waals surface area contributed by atoms with E-state index < -0.39 is 0 Å². The van der Waals surface area contributed by atoms with Crippen LogP contribution in [0.4, 0.5) is 5.95 Å². The molecule has 4 rings (SSSR count). The average molecular weight is 197 g/mol. The molecule has 0 amide bonds. The first-order valence-corrected chi connectivity index (χ1v) is 4.76. The molecule has 4 nitrogen and oxygen atoms in total. The molecule has 1 N–H and O–H groups in total. The molecule has 1 heterocycles. The van der Waals surface area contributed by atoms with Crippen LogP contribution in [0.25, 0.3) is 0 Å². The van der Waals surface area contributed by atoms with E-state index in [2.05, 4.69) is 20.3 Å². The van der Waals surface area contributed by atoms with Crippen LogP contribution in [0.2, 0.25) is 5.28 Å². The Morgan fingerprint density at radius 3 is 2.69 bits per heavy atom. The Hall–Kier alpha value is -0.900. The smallest absolute Gasteiger partial charge is 0.227 e. The van der Waals surface area contributed by atoms with E-state index in [4.69, 9.17) is 11.6 Å². The molecule has 0 atom stereocenters. The molecule has 2 bridgehead atoms. The summed E-state index contributed by atoms with van der Waals surface area (Å²) in [7, 11) is 0. The number of nitrogens with one attached hydrogen (secondary N) is 1. The summed E-state index contributed by atoms with van der Waals surface area (Å²) in [5, 5.41) is 3.57. The van der Waals surface area contributed by atoms with Crippen molar-refractivity contribution in [2.45, 2.75) is 24.8 Å². The summed E-state index contributed by atoms with van der Waals surface area (Å²) in [5.41, 5.74) is 0.301. The molecule has 5 heteroatoms. The molecule has 3 aliphatic carbocycles. The van der Waals surface area contributed by atoms with Gasteiger partial charge in [0.05, 0.1) is 0 Å². The Labute approximate surface area is 80.8 Å². The third-order valence-electron chi connectivity index (χ3n) is 2.96. The van der Waals surface area contributed by atoms with Gasteiger partial charge >= 0.3 is 0 Å². The Kier molecular flexibility index (Phi) is 1.34. The topological polar surface area (TPSA) is 50.7 Å². The quantitative estimate of drug-likeness (QED) is 0.779. The lowest BCUT2D eigenvalue weighted by molar-refractivity contribution is 0.00145. The van der Waals surface area contributed by atoms with Crippen molar-refractivity contribution in [1.29, 1.82) is 0 Å². The van der Waals surface area contributed by atoms with E-state index >= 15 is 0 Å². The van der Waals surface area contributed by atoms with Crippen molar-refractivity contribution in [1.82, 2.24) is 15.0 Å². The van der Waals surface area contributed by atoms with E-state index in [9.17, 15) is 0 Å². The number of hydrogen-bond acceptors (Lipinski definition) is 4. The van der Waals surface area contributed by atoms with Gasteiger partial charge in [0, 0.05) is 5.54 Å². The third kappa shape index (κ3) is 1.09. The molecule has 3 saturated carbocycles. The highest BCUT2D eigenvalue weighted by Gasteiger charge is 2.56. The van der Waals surface area contributed by atoms with E-state index in [-0.39, 0.29) is 5.28 Å². The van der Waals surface area contributed by atoms with Crippen LogP contribution in [0.1, 0.15) is 19.3 Å². The Morgan fingerprint density at radius 2 is 2.15 bits per heavy atom. The lowest BCUT2D eigenvalue weighted by Gasteiger charge is -2.61. The van der Waals surface area contributed by atoms with Crippen LogP contribution in [-0.4, -0.2) is 20.5 Å². The molecule has 3 fully saturated rings. The zero-order valence-corrected chi connectivity index (χ0v) is 7.75. The summed E-state index contributed by atoms with van der Waals surface area (Å²) in [4.78, 5) is 11.7. The van der Waals surface area contributed by atoms with Crippen molar-refractivity contribution in [3.05, 3.63) is 11.6 Å². The summed E-state index contributed by atoms with van der Waals surface area (Å²) in [6.07, 6.45) is 5.21. The minimum absolute atomic E-state index is 0.254. The van der Waals surface area contributed by atoms with Gasteiger partial charge in [-0.15, -0.1) is 0 Å². The minimum atomic E-state index is 0.254. The molecule has 1 aromatic heterocycles. The minimum Gasteiger partial charge on any atom is -0.349 e. The maximum absolute atomic E-state index is 5.65. The first kappa shape index (κ1) is 7.50. The van der Waals surface area contributed by atoms with Gasteiger partial charge < -0.3 is 5.32 Å². The van der Waals surface area contributed by atoms with Crippen molar-refractivity contribution < 1.29 is 0 Å². The van der Waals surface area contributed by atoms with Crippen LogP contribution in [-0.2, 0) is 0 Å². The molecule has 0 unspecified atom stereocenters. The number of aromatic nitrogens is 3. The largest absolute Gasteiger partial charge is 0.349 e. The highest BCUT2D eigenvalue weighted by Crippen LogP contribution is 2.58. The second-order valence-corrected chi connectivity index (χ2v) is 4.30. The fourth-order valence-electron chi connectivity index (χ4n) is 2.21. The maximum Gasteiger partial charge on any atom is 0.227 e. The predicted octanol–water partition coefficient (Wildman–Crippen LogP) is 1.49. The summed E-state index contributed by atoms with van der Waals surface area (Å²) < 4.78 is 0. The molecule has 13 heavy (non-hydrogen) atoms. The van der Waals surface area contributed by atoms with Gasteiger partial charge in [-0.2, -0.15) is 4.98 Å². The molecule has 0 radical (unpaired) electrons. The van der Waals surface area contributed by atoms with Crippen molar-refractivity contribution in [3.63, 3.8) is 0 Å². The molecule has 0 saturated heterocycles. The average Bonchev–Trinajstić information content (AvgIpc) is 1.95. The fourth-order valence-corrected chi connectivity index (χ4v) is 2.33. The molecular weight excluding hydrogens is 188 g/mol. The zero-order valence-electron chi connectivity index (χ0n) is 7.00. The van der Waals surface area contributed by atoms with Gasteiger partial charge in [0.2, 0.25) is 11.2 Å². The summed E-state index contributed by atoms with van der Waals surface area (Å²) >= 11 is 5.65. The number of halogens is 1. The van der Waals surface area contributed by atoms with Crippen LogP contribution in [0.5, 0.6) is 0 Å². The third-order valence-corrected chi connectivity index (χ3v) is 3.14. The van der Waals surface area contributed by atoms with Gasteiger partial charge in [0.15, 0.2) is 0 Å². The monoisotopic (exact) mass is 196 g/mol. The van der Waals surface area contributed by atoms with E-state index in [0.717, 1.165) is 5.92 Å². The number of hydrogen-bond donors (Lipinski definition) is 1. The molecule has 0 spiro atoms. The molecule has 3 aliphatic rings. The van der Waals surface area contributed by atoms with E-state index in [1.807, 2.05) is 0 Å². The van der Waals surface area contributed by atoms with Gasteiger partial charge in [0.1, 0.15) is 6.33 Å². The van der Waals surface area contributed by atoms with Crippen LogP contribution in [0, 0.1) is 5.92 Å². The highest BCUT2D eigenvalue weighted by molar-refractivity contribution is 6.28. The van der Waals surface area contributed by atoms with Gasteiger partial charge in [-0.3, -0.25) is 0 Å². The number of anilines is 1. The predicted molar refractivity (Wildman–Crippen MR) is 48.5 cm³/mol. The Balaban J connectivity index is 1.78. The van der Waals surface area contributed by atoms with Crippen molar-refractivity contribution in [2.75, 3.05) is 5.32 Å². The SMILES string of the molecule is Clc1ncnc(NC23CC(C2)C3)n1. The molecule has 1 aromatic rings. The van der Waals surface area contributed by atoms with Crippen LogP contribution in [0.3, 0.4) is 0 Å². The fraction of sp³-hybridized carbons (Fsp3) is 0.625. The van der Waals surface area contributed by atoms with E-state index in [1.54, 1.807) is 0 Å². The summed E-state index contributed by atoms with van der Waals surface area (Å²) in [6, 6.07) is 0. The second-order valence-electron chi connectivity index (χ2n) is 3.96. The number of nitrogens with zero attached hydrogens (tertiary/aromatic N) is 3. The summed E-state index contributed by atoms with van der Waals surface area (Å²) in [6.45, 7) is 0. The Morgan fingerprint density at radius 1 is 1.38 bits per heavy atom. The second kappa shape index (κ2) is 2.32. The molecule has 68 valence electrons. The van der Waals surface area contributed by atoms with E-state index in [1.165, 1.54) is 25.6 Å². The van der Waals surface area contributed by atoms with Gasteiger partial charge in [-0.05, 0) is 36.8 Å². The standard InChI is InChI=1S/C8H9ClN4/c9-6-10-4-11-7(12-6)13-8-1-5(2-8)3-8/h4-5H,1-3H2,(H,10,11,12,13). The Bertz CT molecular complexity index is 337. The lowest BCUT2D eigenvalue weighted by Crippen LogP contribution is -2.63. The summed E-state index contributed by atoms with van der Waals surface area (Å²) in [5.74, 6) is 1.56. The van der Waals surface area contributed by atoms with Crippen LogP contribution >= 0.6 is 11.6 Å². The molecular formula is C8H9ClN4. The lowest BCUT2D eigenvalue weighted by atomic mass is 9.50. The van der Waals surface area contributed by atoms with Gasteiger partial charge in [0.25, 0.3) is 0 Å². The van der Waals surface area contributed by atoms with Crippen molar-refractivity contribution in [3.8, 4) is 0 Å². The van der Waals surface area contributed by atoms with Crippen molar-refractivity contribution >= 4 is 17.5 Å². The van der Waals surface area contributed by atoms with Crippen LogP contribution < -0.4 is 5.32 Å². The molecule has 0 aliphatic heterocycles. The normalized spacial score (nSPS) is 34.7. The maximum atomic E-state index is 5.65. The highest BCUT2D eigenvalue weighted by atomic mass is 35.5. The van der Waals surface area contributed by atoms with Crippen LogP contribution in [0.15, 0.2) is 6.33 Å². The van der Waals surface area contributed by atoms with Gasteiger partial charge in [-0.1, -0.05) is 0 Å². The van der Waals surface area contributed by atoms with E-state index in [0.29, 0.717) is 11.5 Å². The zero-order chi connectivity index (χ0) is 8.89. The first-order valence-electron chi connectivity index (χ1n) is 4.39. The van der Waals surface area contributed by atoms with Crippen molar-refractivity contribution in [2.24, 2.45) is 5.92 Å². The molecule has 0 aromatic carbocycles.